The highest BCUT2D eigenvalue weighted by atomic mass is 19.4. The van der Waals surface area contributed by atoms with Crippen LogP contribution in [-0.2, 0) is 4.79 Å². The molecule has 1 N–H and O–H groups in total. The van der Waals surface area contributed by atoms with Gasteiger partial charge in [-0.1, -0.05) is 0 Å². The van der Waals surface area contributed by atoms with Gasteiger partial charge in [0.2, 0.25) is 11.8 Å². The summed E-state index contributed by atoms with van der Waals surface area (Å²) in [7, 11) is 0. The van der Waals surface area contributed by atoms with Gasteiger partial charge in [0.15, 0.2) is 0 Å². The second-order valence-electron chi connectivity index (χ2n) is 7.97. The second-order valence-corrected chi connectivity index (χ2v) is 7.97. The first-order chi connectivity index (χ1) is 11.0. The van der Waals surface area contributed by atoms with Crippen molar-refractivity contribution < 1.29 is 31.1 Å². The summed E-state index contributed by atoms with van der Waals surface area (Å²) in [6.07, 6.45) is -4.16. The van der Waals surface area contributed by atoms with Gasteiger partial charge in [0.05, 0.1) is 0 Å². The summed E-state index contributed by atoms with van der Waals surface area (Å²) in [5.74, 6) is -4.00. The van der Waals surface area contributed by atoms with Crippen LogP contribution in [0.25, 0.3) is 0 Å². The van der Waals surface area contributed by atoms with Crippen LogP contribution in [0, 0.1) is 29.1 Å². The molecule has 0 aromatic carbocycles. The summed E-state index contributed by atoms with van der Waals surface area (Å²) in [5, 5.41) is 1.89. The maximum Gasteiger partial charge on any atom is 0.409 e. The molecule has 1 amide bonds. The second kappa shape index (κ2) is 5.80. The Labute approximate surface area is 136 Å². The maximum atomic E-state index is 12.5. The Kier molecular flexibility index (Phi) is 4.31. The molecule has 4 rings (SSSR count). The molecule has 4 fully saturated rings. The lowest BCUT2D eigenvalue weighted by molar-refractivity contribution is -0.274. The van der Waals surface area contributed by atoms with Gasteiger partial charge in [0.1, 0.15) is 0 Å². The van der Waals surface area contributed by atoms with E-state index in [9.17, 15) is 31.1 Å². The Morgan fingerprint density at radius 1 is 0.917 bits per heavy atom. The number of halogens is 6. The van der Waals surface area contributed by atoms with E-state index in [0.29, 0.717) is 24.2 Å². The first kappa shape index (κ1) is 17.9. The lowest BCUT2D eigenvalue weighted by atomic mass is 9.49. The predicted octanol–water partition coefficient (Wildman–Crippen LogP) is 4.45. The predicted molar refractivity (Wildman–Crippen MR) is 73.8 cm³/mol. The molecule has 4 aliphatic carbocycles. The third kappa shape index (κ3) is 3.52. The van der Waals surface area contributed by atoms with Crippen LogP contribution in [-0.4, -0.2) is 24.8 Å². The molecule has 4 saturated carbocycles. The molecular weight excluding hydrogens is 336 g/mol. The molecule has 0 atom stereocenters. The minimum Gasteiger partial charge on any atom is -0.355 e. The van der Waals surface area contributed by atoms with Crippen molar-refractivity contribution >= 4 is 5.91 Å². The van der Waals surface area contributed by atoms with Crippen LogP contribution < -0.4 is 5.32 Å². The summed E-state index contributed by atoms with van der Waals surface area (Å²) in [6, 6.07) is 0. The van der Waals surface area contributed by atoms with Gasteiger partial charge in [-0.25, -0.2) is 0 Å². The van der Waals surface area contributed by atoms with E-state index in [-0.39, 0.29) is 12.0 Å². The first-order valence-corrected chi connectivity index (χ1v) is 8.40. The normalized spacial score (nSPS) is 35.5. The third-order valence-corrected chi connectivity index (χ3v) is 6.04. The Hall–Kier alpha value is -0.950. The largest absolute Gasteiger partial charge is 0.409 e. The smallest absolute Gasteiger partial charge is 0.355 e. The fourth-order valence-electron chi connectivity index (χ4n) is 5.63. The van der Waals surface area contributed by atoms with Gasteiger partial charge in [-0.3, -0.25) is 4.79 Å². The third-order valence-electron chi connectivity index (χ3n) is 6.04. The average molecular weight is 357 g/mol. The molecule has 0 unspecified atom stereocenters. The van der Waals surface area contributed by atoms with Crippen LogP contribution in [0.4, 0.5) is 26.3 Å². The van der Waals surface area contributed by atoms with E-state index in [1.54, 1.807) is 0 Å². The SMILES string of the molecule is O=C(NCCC12CC3CC(CC(C3)C1)C2)C(C(F)(F)F)C(F)(F)F. The zero-order chi connectivity index (χ0) is 17.8. The van der Waals surface area contributed by atoms with E-state index in [1.807, 2.05) is 5.32 Å². The minimum atomic E-state index is -5.62. The molecular formula is C16H21F6NO. The molecule has 0 aliphatic heterocycles. The number of nitrogens with one attached hydrogen (secondary N) is 1. The van der Waals surface area contributed by atoms with Crippen molar-refractivity contribution in [1.82, 2.24) is 5.32 Å². The number of carbonyl (C=O) groups excluding carboxylic acids is 1. The molecule has 0 spiro atoms. The first-order valence-electron chi connectivity index (χ1n) is 8.40. The van der Waals surface area contributed by atoms with Crippen molar-refractivity contribution in [3.8, 4) is 0 Å². The Morgan fingerprint density at radius 3 is 1.71 bits per heavy atom. The van der Waals surface area contributed by atoms with Crippen LogP contribution in [0.1, 0.15) is 44.9 Å². The van der Waals surface area contributed by atoms with Crippen molar-refractivity contribution in [3.63, 3.8) is 0 Å². The highest BCUT2D eigenvalue weighted by molar-refractivity contribution is 5.80. The number of hydrogen-bond donors (Lipinski definition) is 1. The Bertz CT molecular complexity index is 448. The van der Waals surface area contributed by atoms with Gasteiger partial charge >= 0.3 is 12.4 Å². The van der Waals surface area contributed by atoms with Crippen molar-refractivity contribution in [2.24, 2.45) is 29.1 Å². The van der Waals surface area contributed by atoms with Crippen molar-refractivity contribution in [2.45, 2.75) is 57.3 Å². The fraction of sp³-hybridized carbons (Fsp3) is 0.938. The van der Waals surface area contributed by atoms with Gasteiger partial charge in [0.25, 0.3) is 0 Å². The zero-order valence-electron chi connectivity index (χ0n) is 13.1. The van der Waals surface area contributed by atoms with Gasteiger partial charge in [-0.2, -0.15) is 26.3 Å². The van der Waals surface area contributed by atoms with Gasteiger partial charge in [0, 0.05) is 6.54 Å². The summed E-state index contributed by atoms with van der Waals surface area (Å²) in [4.78, 5) is 11.5. The molecule has 2 nitrogen and oxygen atoms in total. The molecule has 0 heterocycles. The standard InChI is InChI=1S/C16H21F6NO/c17-15(18,19)12(16(20,21)22)13(24)23-2-1-14-6-9-3-10(7-14)5-11(4-9)8-14/h9-12H,1-8H2,(H,23,24). The molecule has 0 saturated heterocycles. The van der Waals surface area contributed by atoms with Gasteiger partial charge in [-0.15, -0.1) is 0 Å². The number of carbonyl (C=O) groups is 1. The highest BCUT2D eigenvalue weighted by Gasteiger charge is 2.61. The Morgan fingerprint density at radius 2 is 1.33 bits per heavy atom. The van der Waals surface area contributed by atoms with Gasteiger partial charge in [-0.05, 0) is 68.1 Å². The molecule has 4 bridgehead atoms. The van der Waals surface area contributed by atoms with Crippen LogP contribution in [0.15, 0.2) is 0 Å². The van der Waals surface area contributed by atoms with Crippen LogP contribution in [0.2, 0.25) is 0 Å². The van der Waals surface area contributed by atoms with Crippen LogP contribution in [0.5, 0.6) is 0 Å². The number of amides is 1. The number of alkyl halides is 6. The molecule has 0 aromatic rings. The van der Waals surface area contributed by atoms with Gasteiger partial charge < -0.3 is 5.32 Å². The highest BCUT2D eigenvalue weighted by Crippen LogP contribution is 2.61. The summed E-state index contributed by atoms with van der Waals surface area (Å²) in [6.45, 7) is -0.117. The van der Waals surface area contributed by atoms with E-state index < -0.39 is 24.2 Å². The number of hydrogen-bond acceptors (Lipinski definition) is 1. The van der Waals surface area contributed by atoms with E-state index >= 15 is 0 Å². The zero-order valence-corrected chi connectivity index (χ0v) is 13.1. The molecule has 0 aromatic heterocycles. The van der Waals surface area contributed by atoms with E-state index in [0.717, 1.165) is 19.3 Å². The van der Waals surface area contributed by atoms with Crippen molar-refractivity contribution in [2.75, 3.05) is 6.54 Å². The molecule has 24 heavy (non-hydrogen) atoms. The number of rotatable bonds is 4. The van der Waals surface area contributed by atoms with Crippen LogP contribution in [0.3, 0.4) is 0 Å². The van der Waals surface area contributed by atoms with E-state index in [4.69, 9.17) is 0 Å². The summed E-state index contributed by atoms with van der Waals surface area (Å²) < 4.78 is 75.2. The lowest BCUT2D eigenvalue weighted by Gasteiger charge is -2.57. The van der Waals surface area contributed by atoms with E-state index in [2.05, 4.69) is 0 Å². The molecule has 4 aliphatic rings. The monoisotopic (exact) mass is 357 g/mol. The topological polar surface area (TPSA) is 29.1 Å². The molecule has 8 heteroatoms. The van der Waals surface area contributed by atoms with Crippen molar-refractivity contribution in [1.29, 1.82) is 0 Å². The van der Waals surface area contributed by atoms with E-state index in [1.165, 1.54) is 19.3 Å². The quantitative estimate of drug-likeness (QED) is 0.740. The minimum absolute atomic E-state index is 0.00793. The van der Waals surface area contributed by atoms with Crippen molar-refractivity contribution in [3.05, 3.63) is 0 Å². The molecule has 138 valence electrons. The summed E-state index contributed by atoms with van der Waals surface area (Å²) >= 11 is 0. The summed E-state index contributed by atoms with van der Waals surface area (Å²) in [5.41, 5.74) is 0.00793. The average Bonchev–Trinajstić information content (AvgIpc) is 2.32. The Balaban J connectivity index is 1.57. The molecule has 0 radical (unpaired) electrons. The fourth-order valence-corrected chi connectivity index (χ4v) is 5.63. The maximum absolute atomic E-state index is 12.5. The van der Waals surface area contributed by atoms with Crippen LogP contribution >= 0.6 is 0 Å². The lowest BCUT2D eigenvalue weighted by Crippen LogP contribution is -2.50.